The second-order valence-corrected chi connectivity index (χ2v) is 7.08. The number of nitrogens with zero attached hydrogens (tertiary/aromatic N) is 1. The van der Waals surface area contributed by atoms with Gasteiger partial charge in [-0.05, 0) is 52.4 Å². The summed E-state index contributed by atoms with van der Waals surface area (Å²) in [5.41, 5.74) is 2.48. The van der Waals surface area contributed by atoms with E-state index in [1.54, 1.807) is 71.0 Å². The highest BCUT2D eigenvalue weighted by molar-refractivity contribution is 6.04. The molecule has 0 radical (unpaired) electrons. The predicted molar refractivity (Wildman–Crippen MR) is 114 cm³/mol. The van der Waals surface area contributed by atoms with E-state index in [1.807, 2.05) is 0 Å². The molecule has 1 aromatic carbocycles. The fourth-order valence-corrected chi connectivity index (χ4v) is 3.18. The van der Waals surface area contributed by atoms with E-state index in [-0.39, 0.29) is 24.8 Å². The molecule has 2 rings (SSSR count). The molecule has 0 aliphatic heterocycles. The summed E-state index contributed by atoms with van der Waals surface area (Å²) in [4.78, 5) is 42.2. The lowest BCUT2D eigenvalue weighted by Gasteiger charge is -2.23. The van der Waals surface area contributed by atoms with E-state index in [9.17, 15) is 14.4 Å². The van der Waals surface area contributed by atoms with Crippen molar-refractivity contribution in [1.82, 2.24) is 9.88 Å². The van der Waals surface area contributed by atoms with Gasteiger partial charge in [0, 0.05) is 17.4 Å². The molecular weight excluding hydrogens is 386 g/mol. The Labute approximate surface area is 176 Å². The second kappa shape index (κ2) is 10.1. The molecule has 0 unspecified atom stereocenters. The lowest BCUT2D eigenvalue weighted by molar-refractivity contribution is -0.117. The molecule has 2 N–H and O–H groups in total. The van der Waals surface area contributed by atoms with Crippen LogP contribution in [0.4, 0.5) is 5.69 Å². The Morgan fingerprint density at radius 2 is 1.93 bits per heavy atom. The largest absolute Gasteiger partial charge is 0.497 e. The zero-order valence-corrected chi connectivity index (χ0v) is 18.3. The number of carbonyl (C=O) groups excluding carboxylic acids is 3. The van der Waals surface area contributed by atoms with Crippen LogP contribution in [-0.4, -0.2) is 60.9 Å². The smallest absolute Gasteiger partial charge is 0.340 e. The Morgan fingerprint density at radius 1 is 1.23 bits per heavy atom. The van der Waals surface area contributed by atoms with Gasteiger partial charge in [0.1, 0.15) is 5.75 Å². The number of aromatic amines is 1. The summed E-state index contributed by atoms with van der Waals surface area (Å²) in [5.74, 6) is -0.277. The highest BCUT2D eigenvalue weighted by Crippen LogP contribution is 2.21. The molecule has 1 heterocycles. The van der Waals surface area contributed by atoms with Gasteiger partial charge in [0.15, 0.2) is 5.78 Å². The minimum Gasteiger partial charge on any atom is -0.497 e. The predicted octanol–water partition coefficient (Wildman–Crippen LogP) is 2.96. The van der Waals surface area contributed by atoms with Gasteiger partial charge in [-0.25, -0.2) is 4.79 Å². The molecule has 0 fully saturated rings. The first-order chi connectivity index (χ1) is 14.2. The molecule has 0 aliphatic carbocycles. The van der Waals surface area contributed by atoms with Crippen molar-refractivity contribution in [2.75, 3.05) is 32.6 Å². The van der Waals surface area contributed by atoms with Crippen molar-refractivity contribution < 1.29 is 23.9 Å². The van der Waals surface area contributed by atoms with Crippen molar-refractivity contribution in [3.05, 3.63) is 46.8 Å². The topological polar surface area (TPSA) is 101 Å². The number of nitrogens with one attached hydrogen (secondary N) is 2. The Hall–Kier alpha value is -3.13. The molecule has 1 atom stereocenters. The molecular formula is C22H29N3O5. The maximum absolute atomic E-state index is 13.0. The van der Waals surface area contributed by atoms with Gasteiger partial charge >= 0.3 is 5.97 Å². The molecule has 0 spiro atoms. The van der Waals surface area contributed by atoms with Gasteiger partial charge in [-0.1, -0.05) is 6.07 Å². The third-order valence-electron chi connectivity index (χ3n) is 4.95. The maximum atomic E-state index is 13.0. The molecule has 162 valence electrons. The highest BCUT2D eigenvalue weighted by Gasteiger charge is 2.28. The molecule has 1 aromatic heterocycles. The van der Waals surface area contributed by atoms with Crippen LogP contribution in [0.3, 0.4) is 0 Å². The zero-order chi connectivity index (χ0) is 22.4. The lowest BCUT2D eigenvalue weighted by Crippen LogP contribution is -2.41. The van der Waals surface area contributed by atoms with Crippen LogP contribution >= 0.6 is 0 Å². The van der Waals surface area contributed by atoms with Gasteiger partial charge in [0.25, 0.3) is 0 Å². The molecule has 2 aromatic rings. The fourth-order valence-electron chi connectivity index (χ4n) is 3.18. The number of Topliss-reactive ketones (excluding diaryl/α,β-unsaturated/α-hetero) is 1. The zero-order valence-electron chi connectivity index (χ0n) is 18.3. The average Bonchev–Trinajstić information content (AvgIpc) is 3.01. The lowest BCUT2D eigenvalue weighted by atomic mass is 10.0. The molecule has 1 amide bonds. The van der Waals surface area contributed by atoms with Crippen LogP contribution < -0.4 is 10.1 Å². The third-order valence-corrected chi connectivity index (χ3v) is 4.95. The molecule has 30 heavy (non-hydrogen) atoms. The Balaban J connectivity index is 2.07. The van der Waals surface area contributed by atoms with Gasteiger partial charge in [0.2, 0.25) is 5.91 Å². The number of hydrogen-bond donors (Lipinski definition) is 2. The van der Waals surface area contributed by atoms with Crippen LogP contribution in [0.5, 0.6) is 5.75 Å². The van der Waals surface area contributed by atoms with E-state index in [0.717, 1.165) is 0 Å². The molecule has 0 saturated heterocycles. The van der Waals surface area contributed by atoms with E-state index in [1.165, 1.54) is 0 Å². The number of amides is 1. The van der Waals surface area contributed by atoms with Crippen molar-refractivity contribution in [1.29, 1.82) is 0 Å². The number of methoxy groups -OCH3 is 1. The van der Waals surface area contributed by atoms with Crippen LogP contribution in [0.2, 0.25) is 0 Å². The van der Waals surface area contributed by atoms with Crippen LogP contribution in [-0.2, 0) is 9.53 Å². The quantitative estimate of drug-likeness (QED) is 0.482. The average molecular weight is 415 g/mol. The Morgan fingerprint density at radius 3 is 2.57 bits per heavy atom. The van der Waals surface area contributed by atoms with Crippen molar-refractivity contribution in [3.8, 4) is 5.75 Å². The van der Waals surface area contributed by atoms with Crippen LogP contribution in [0.15, 0.2) is 24.3 Å². The van der Waals surface area contributed by atoms with E-state index >= 15 is 0 Å². The SMILES string of the molecule is CCOC(=O)c1c(C)[nH]c(C(=O)[C@@H](C)N(C)CC(=O)Nc2cccc(OC)c2)c1C. The Kier molecular flexibility index (Phi) is 7.77. The number of ether oxygens (including phenoxy) is 2. The van der Waals surface area contributed by atoms with E-state index in [0.29, 0.717) is 34.0 Å². The van der Waals surface area contributed by atoms with Gasteiger partial charge in [-0.15, -0.1) is 0 Å². The van der Waals surface area contributed by atoms with Gasteiger partial charge < -0.3 is 19.8 Å². The third kappa shape index (κ3) is 5.27. The van der Waals surface area contributed by atoms with Gasteiger partial charge in [-0.2, -0.15) is 0 Å². The number of anilines is 1. The van der Waals surface area contributed by atoms with Crippen LogP contribution in [0.1, 0.15) is 46.0 Å². The summed E-state index contributed by atoms with van der Waals surface area (Å²) in [6, 6.07) is 6.47. The summed E-state index contributed by atoms with van der Waals surface area (Å²) in [5, 5.41) is 2.79. The first kappa shape index (κ1) is 23.2. The van der Waals surface area contributed by atoms with E-state index in [4.69, 9.17) is 9.47 Å². The molecule has 0 bridgehead atoms. The minimum atomic E-state index is -0.576. The molecule has 0 aliphatic rings. The maximum Gasteiger partial charge on any atom is 0.340 e. The fraction of sp³-hybridized carbons (Fsp3) is 0.409. The number of esters is 1. The standard InChI is InChI=1S/C22H29N3O5/c1-7-30-22(28)19-13(2)20(23-14(19)3)21(27)15(4)25(5)12-18(26)24-16-9-8-10-17(11-16)29-6/h8-11,15,23H,7,12H2,1-6H3,(H,24,26)/t15-/m1/s1. The molecule has 0 saturated carbocycles. The summed E-state index contributed by atoms with van der Waals surface area (Å²) >= 11 is 0. The number of aryl methyl sites for hydroxylation is 1. The van der Waals surface area contributed by atoms with Crippen molar-refractivity contribution >= 4 is 23.3 Å². The monoisotopic (exact) mass is 415 g/mol. The number of ketones is 1. The van der Waals surface area contributed by atoms with Crippen LogP contribution in [0, 0.1) is 13.8 Å². The normalized spacial score (nSPS) is 11.8. The number of carbonyl (C=O) groups is 3. The minimum absolute atomic E-state index is 0.0214. The van der Waals surface area contributed by atoms with Crippen molar-refractivity contribution in [2.24, 2.45) is 0 Å². The van der Waals surface area contributed by atoms with Crippen LogP contribution in [0.25, 0.3) is 0 Å². The second-order valence-electron chi connectivity index (χ2n) is 7.08. The summed E-state index contributed by atoms with van der Waals surface area (Å²) in [7, 11) is 3.25. The van der Waals surface area contributed by atoms with Crippen molar-refractivity contribution in [3.63, 3.8) is 0 Å². The van der Waals surface area contributed by atoms with Crippen molar-refractivity contribution in [2.45, 2.75) is 33.7 Å². The first-order valence-electron chi connectivity index (χ1n) is 9.74. The van der Waals surface area contributed by atoms with E-state index in [2.05, 4.69) is 10.3 Å². The van der Waals surface area contributed by atoms with E-state index < -0.39 is 12.0 Å². The number of H-pyrrole nitrogens is 1. The first-order valence-corrected chi connectivity index (χ1v) is 9.74. The number of likely N-dealkylation sites (N-methyl/N-ethyl adjacent to an activating group) is 1. The van der Waals surface area contributed by atoms with Gasteiger partial charge in [-0.3, -0.25) is 14.5 Å². The molecule has 8 heteroatoms. The Bertz CT molecular complexity index is 935. The number of hydrogen-bond acceptors (Lipinski definition) is 6. The summed E-state index contributed by atoms with van der Waals surface area (Å²) in [6.45, 7) is 7.17. The number of rotatable bonds is 9. The summed E-state index contributed by atoms with van der Waals surface area (Å²) in [6.07, 6.45) is 0. The van der Waals surface area contributed by atoms with Gasteiger partial charge in [0.05, 0.1) is 37.6 Å². The highest BCUT2D eigenvalue weighted by atomic mass is 16.5. The molecule has 8 nitrogen and oxygen atoms in total. The number of benzene rings is 1. The summed E-state index contributed by atoms with van der Waals surface area (Å²) < 4.78 is 10.2. The number of aromatic nitrogens is 1.